The Kier molecular flexibility index (Phi) is 6.72. The highest BCUT2D eigenvalue weighted by Gasteiger charge is 2.14. The van der Waals surface area contributed by atoms with Crippen molar-refractivity contribution >= 4 is 46.5 Å². The highest BCUT2D eigenvalue weighted by Crippen LogP contribution is 2.30. The number of hydrogen-bond acceptors (Lipinski definition) is 5. The minimum Gasteiger partial charge on any atom is -0.333 e. The van der Waals surface area contributed by atoms with Gasteiger partial charge in [0.25, 0.3) is 5.56 Å². The normalized spacial score (nSPS) is 10.7. The molecule has 3 rings (SSSR count). The molecule has 28 heavy (non-hydrogen) atoms. The van der Waals surface area contributed by atoms with E-state index in [2.05, 4.69) is 22.1 Å². The van der Waals surface area contributed by atoms with Gasteiger partial charge >= 0.3 is 0 Å². The number of thioether (sulfide) groups is 1. The lowest BCUT2D eigenvalue weighted by Crippen LogP contribution is -2.26. The summed E-state index contributed by atoms with van der Waals surface area (Å²) in [5.74, 6) is 0.239. The molecule has 144 valence electrons. The second-order valence-corrected chi connectivity index (χ2v) is 7.40. The average molecular weight is 437 g/mol. The Morgan fingerprint density at radius 1 is 1.18 bits per heavy atom. The Labute approximate surface area is 175 Å². The number of nitrogens with one attached hydrogen (secondary N) is 1. The van der Waals surface area contributed by atoms with E-state index in [-0.39, 0.29) is 28.8 Å². The smallest absolute Gasteiger partial charge is 0.297 e. The molecule has 1 aromatic heterocycles. The van der Waals surface area contributed by atoms with Crippen LogP contribution in [0.3, 0.4) is 0 Å². The Morgan fingerprint density at radius 2 is 1.93 bits per heavy atom. The van der Waals surface area contributed by atoms with Crippen LogP contribution < -0.4 is 10.9 Å². The molecular weight excluding hydrogens is 422 g/mol. The largest absolute Gasteiger partial charge is 0.333 e. The number of hydrogen-bond donors (Lipinski definition) is 1. The summed E-state index contributed by atoms with van der Waals surface area (Å²) < 4.78 is 14.5. The SMILES string of the molecule is C=CCn1c(SCc2ccc(F)cc2)nnc(Nc2cccc(Cl)c2Cl)c1=O. The fourth-order valence-corrected chi connectivity index (χ4v) is 3.58. The number of allylic oxidation sites excluding steroid dienone is 1. The highest BCUT2D eigenvalue weighted by atomic mass is 35.5. The van der Waals surface area contributed by atoms with Gasteiger partial charge in [-0.25, -0.2) is 4.39 Å². The van der Waals surface area contributed by atoms with Crippen LogP contribution >= 0.6 is 35.0 Å². The van der Waals surface area contributed by atoms with Gasteiger partial charge in [0.15, 0.2) is 5.16 Å². The molecule has 0 unspecified atom stereocenters. The number of rotatable bonds is 7. The molecule has 2 aromatic carbocycles. The van der Waals surface area contributed by atoms with Gasteiger partial charge in [-0.05, 0) is 29.8 Å². The third kappa shape index (κ3) is 4.73. The first kappa shape index (κ1) is 20.4. The van der Waals surface area contributed by atoms with Gasteiger partial charge in [-0.1, -0.05) is 59.2 Å². The van der Waals surface area contributed by atoms with E-state index < -0.39 is 0 Å². The van der Waals surface area contributed by atoms with Gasteiger partial charge in [0.2, 0.25) is 5.82 Å². The van der Waals surface area contributed by atoms with Crippen LogP contribution in [0.2, 0.25) is 10.0 Å². The maximum absolute atomic E-state index is 13.0. The number of benzene rings is 2. The zero-order valence-electron chi connectivity index (χ0n) is 14.5. The predicted octanol–water partition coefficient (Wildman–Crippen LogP) is 5.31. The first-order valence-corrected chi connectivity index (χ1v) is 9.90. The van der Waals surface area contributed by atoms with Crippen molar-refractivity contribution < 1.29 is 4.39 Å². The van der Waals surface area contributed by atoms with Gasteiger partial charge < -0.3 is 5.32 Å². The van der Waals surface area contributed by atoms with Gasteiger partial charge in [-0.2, -0.15) is 0 Å². The van der Waals surface area contributed by atoms with Gasteiger partial charge in [0.05, 0.1) is 15.7 Å². The van der Waals surface area contributed by atoms with Crippen molar-refractivity contribution in [1.82, 2.24) is 14.8 Å². The molecule has 0 saturated heterocycles. The maximum atomic E-state index is 13.0. The quantitative estimate of drug-likeness (QED) is 0.401. The van der Waals surface area contributed by atoms with Crippen molar-refractivity contribution in [2.75, 3.05) is 5.32 Å². The lowest BCUT2D eigenvalue weighted by Gasteiger charge is -2.12. The molecule has 0 spiro atoms. The lowest BCUT2D eigenvalue weighted by atomic mass is 10.2. The van der Waals surface area contributed by atoms with E-state index in [4.69, 9.17) is 23.2 Å². The van der Waals surface area contributed by atoms with E-state index in [1.807, 2.05) is 0 Å². The second kappa shape index (κ2) is 9.23. The molecule has 0 aliphatic heterocycles. The zero-order chi connectivity index (χ0) is 20.1. The summed E-state index contributed by atoms with van der Waals surface area (Å²) in [5, 5.41) is 12.1. The summed E-state index contributed by atoms with van der Waals surface area (Å²) in [5.41, 5.74) is 0.990. The van der Waals surface area contributed by atoms with Crippen molar-refractivity contribution in [3.8, 4) is 0 Å². The van der Waals surface area contributed by atoms with Crippen LogP contribution in [0.15, 0.2) is 65.1 Å². The molecule has 0 aliphatic rings. The van der Waals surface area contributed by atoms with Crippen LogP contribution in [-0.4, -0.2) is 14.8 Å². The number of anilines is 2. The van der Waals surface area contributed by atoms with Crippen molar-refractivity contribution in [2.45, 2.75) is 17.5 Å². The van der Waals surface area contributed by atoms with Crippen molar-refractivity contribution in [3.63, 3.8) is 0 Å². The van der Waals surface area contributed by atoms with E-state index >= 15 is 0 Å². The van der Waals surface area contributed by atoms with Crippen LogP contribution in [0, 0.1) is 5.82 Å². The van der Waals surface area contributed by atoms with E-state index in [0.29, 0.717) is 21.6 Å². The number of nitrogens with zero attached hydrogens (tertiary/aromatic N) is 3. The summed E-state index contributed by atoms with van der Waals surface area (Å²) in [7, 11) is 0. The van der Waals surface area contributed by atoms with E-state index in [1.54, 1.807) is 36.4 Å². The fraction of sp³-hybridized carbons (Fsp3) is 0.105. The topological polar surface area (TPSA) is 59.8 Å². The number of halogens is 3. The monoisotopic (exact) mass is 436 g/mol. The standard InChI is InChI=1S/C19H15Cl2FN4OS/c1-2-10-26-18(27)17(23-15-5-3-4-14(20)16(15)21)24-25-19(26)28-11-12-6-8-13(22)9-7-12/h2-9H,1,10-11H2,(H,23,24). The van der Waals surface area contributed by atoms with Crippen LogP contribution in [0.4, 0.5) is 15.9 Å². The van der Waals surface area contributed by atoms with Crippen molar-refractivity contribution in [1.29, 1.82) is 0 Å². The molecule has 0 aliphatic carbocycles. The first-order chi connectivity index (χ1) is 13.5. The minimum atomic E-state index is -0.368. The molecule has 9 heteroatoms. The van der Waals surface area contributed by atoms with Crippen molar-refractivity contribution in [3.05, 3.63) is 86.9 Å². The van der Waals surface area contributed by atoms with E-state index in [9.17, 15) is 9.18 Å². The Hall–Kier alpha value is -2.35. The minimum absolute atomic E-state index is 0.0251. The molecule has 0 amide bonds. The summed E-state index contributed by atoms with van der Waals surface area (Å²) in [4.78, 5) is 12.8. The third-order valence-electron chi connectivity index (χ3n) is 3.71. The molecule has 3 aromatic rings. The molecule has 0 fully saturated rings. The van der Waals surface area contributed by atoms with E-state index in [0.717, 1.165) is 5.56 Å². The van der Waals surface area contributed by atoms with Crippen LogP contribution in [0.25, 0.3) is 0 Å². The molecule has 0 saturated carbocycles. The predicted molar refractivity (Wildman–Crippen MR) is 112 cm³/mol. The molecule has 0 bridgehead atoms. The van der Waals surface area contributed by atoms with Crippen LogP contribution in [0.1, 0.15) is 5.56 Å². The summed E-state index contributed by atoms with van der Waals surface area (Å²) in [6.07, 6.45) is 1.60. The summed E-state index contributed by atoms with van der Waals surface area (Å²) in [6.45, 7) is 3.95. The van der Waals surface area contributed by atoms with Crippen molar-refractivity contribution in [2.24, 2.45) is 0 Å². The van der Waals surface area contributed by atoms with E-state index in [1.165, 1.54) is 28.5 Å². The van der Waals surface area contributed by atoms with Gasteiger partial charge in [0, 0.05) is 12.3 Å². The van der Waals surface area contributed by atoms with Crippen LogP contribution in [0.5, 0.6) is 0 Å². The summed E-state index contributed by atoms with van der Waals surface area (Å²) >= 11 is 13.5. The molecule has 1 heterocycles. The number of aromatic nitrogens is 3. The van der Waals surface area contributed by atoms with Gasteiger partial charge in [-0.15, -0.1) is 16.8 Å². The first-order valence-electron chi connectivity index (χ1n) is 8.16. The zero-order valence-corrected chi connectivity index (χ0v) is 16.9. The third-order valence-corrected chi connectivity index (χ3v) is 5.57. The molecular formula is C19H15Cl2FN4OS. The van der Waals surface area contributed by atoms with Gasteiger partial charge in [-0.3, -0.25) is 9.36 Å². The molecule has 0 radical (unpaired) electrons. The fourth-order valence-electron chi connectivity index (χ4n) is 2.34. The lowest BCUT2D eigenvalue weighted by molar-refractivity contribution is 0.625. The maximum Gasteiger partial charge on any atom is 0.297 e. The summed E-state index contributed by atoms with van der Waals surface area (Å²) in [6, 6.07) is 11.2. The van der Waals surface area contributed by atoms with Crippen LogP contribution in [-0.2, 0) is 12.3 Å². The average Bonchev–Trinajstić information content (AvgIpc) is 2.69. The highest BCUT2D eigenvalue weighted by molar-refractivity contribution is 7.98. The van der Waals surface area contributed by atoms with Gasteiger partial charge in [0.1, 0.15) is 5.82 Å². The molecule has 0 atom stereocenters. The molecule has 1 N–H and O–H groups in total. The Balaban J connectivity index is 1.87. The Bertz CT molecular complexity index is 1060. The Morgan fingerprint density at radius 3 is 2.64 bits per heavy atom. The second-order valence-electron chi connectivity index (χ2n) is 5.68. The molecule has 5 nitrogen and oxygen atoms in total.